The molecule has 3 aromatic carbocycles. The zero-order valence-corrected chi connectivity index (χ0v) is 21.1. The predicted molar refractivity (Wildman–Crippen MR) is 138 cm³/mol. The van der Waals surface area contributed by atoms with Gasteiger partial charge in [0.2, 0.25) is 10.0 Å². The minimum atomic E-state index is -3.75. The van der Waals surface area contributed by atoms with E-state index in [1.165, 1.54) is 13.3 Å². The number of halogens is 1. The van der Waals surface area contributed by atoms with Gasteiger partial charge in [-0.2, -0.15) is 5.10 Å². The second kappa shape index (κ2) is 11.7. The molecule has 3 rings (SSSR count). The summed E-state index contributed by atoms with van der Waals surface area (Å²) >= 11 is 5.88. The number of sulfonamides is 1. The van der Waals surface area contributed by atoms with Gasteiger partial charge in [0.05, 0.1) is 25.3 Å². The van der Waals surface area contributed by atoms with Gasteiger partial charge >= 0.3 is 0 Å². The Balaban J connectivity index is 1.58. The highest BCUT2D eigenvalue weighted by Gasteiger charge is 2.24. The largest absolute Gasteiger partial charge is 0.495 e. The average molecular weight is 516 g/mol. The summed E-state index contributed by atoms with van der Waals surface area (Å²) in [5.74, 6) is 0.422. The second-order valence-corrected chi connectivity index (χ2v) is 10.1. The van der Waals surface area contributed by atoms with Gasteiger partial charge in [0.25, 0.3) is 5.91 Å². The van der Waals surface area contributed by atoms with Gasteiger partial charge in [-0.15, -0.1) is 0 Å². The normalized spacial score (nSPS) is 11.3. The van der Waals surface area contributed by atoms with Gasteiger partial charge in [0.15, 0.2) is 0 Å². The van der Waals surface area contributed by atoms with E-state index in [0.29, 0.717) is 23.1 Å². The van der Waals surface area contributed by atoms with Crippen molar-refractivity contribution in [3.8, 4) is 11.5 Å². The van der Waals surface area contributed by atoms with Crippen molar-refractivity contribution in [3.63, 3.8) is 0 Å². The summed E-state index contributed by atoms with van der Waals surface area (Å²) in [7, 11) is -2.31. The molecule has 10 heteroatoms. The molecule has 0 radical (unpaired) electrons. The number of ether oxygens (including phenoxy) is 2. The first-order valence-corrected chi connectivity index (χ1v) is 12.8. The SMILES string of the molecule is COc1ccc(C)cc1N(CC(=O)N/N=C\c1ccc(OCc2ccc(Cl)cc2)cc1)S(C)(=O)=O. The van der Waals surface area contributed by atoms with Crippen LogP contribution in [0.5, 0.6) is 11.5 Å². The van der Waals surface area contributed by atoms with Gasteiger partial charge in [-0.3, -0.25) is 9.10 Å². The van der Waals surface area contributed by atoms with E-state index in [2.05, 4.69) is 10.5 Å². The van der Waals surface area contributed by atoms with Crippen LogP contribution in [0, 0.1) is 6.92 Å². The Hall–Kier alpha value is -3.56. The van der Waals surface area contributed by atoms with Gasteiger partial charge in [-0.25, -0.2) is 13.8 Å². The lowest BCUT2D eigenvalue weighted by atomic mass is 10.2. The van der Waals surface area contributed by atoms with Crippen LogP contribution in [0.4, 0.5) is 5.69 Å². The number of nitrogens with one attached hydrogen (secondary N) is 1. The van der Waals surface area contributed by atoms with E-state index in [9.17, 15) is 13.2 Å². The zero-order valence-electron chi connectivity index (χ0n) is 19.6. The number of amides is 1. The zero-order chi connectivity index (χ0) is 25.4. The summed E-state index contributed by atoms with van der Waals surface area (Å²) in [5.41, 5.74) is 5.19. The Morgan fingerprint density at radius 3 is 2.40 bits per heavy atom. The molecule has 0 aliphatic rings. The Morgan fingerprint density at radius 2 is 1.77 bits per heavy atom. The first-order valence-electron chi connectivity index (χ1n) is 10.6. The molecular weight excluding hydrogens is 490 g/mol. The Kier molecular flexibility index (Phi) is 8.73. The Labute approximate surface area is 210 Å². The Morgan fingerprint density at radius 1 is 1.09 bits per heavy atom. The first kappa shape index (κ1) is 26.1. The topological polar surface area (TPSA) is 97.3 Å². The highest BCUT2D eigenvalue weighted by atomic mass is 35.5. The third-order valence-electron chi connectivity index (χ3n) is 4.89. The smallest absolute Gasteiger partial charge is 0.260 e. The van der Waals surface area contributed by atoms with Crippen LogP contribution in [-0.2, 0) is 21.4 Å². The van der Waals surface area contributed by atoms with Crippen LogP contribution in [0.1, 0.15) is 16.7 Å². The van der Waals surface area contributed by atoms with E-state index < -0.39 is 22.5 Å². The summed E-state index contributed by atoms with van der Waals surface area (Å²) in [6.07, 6.45) is 2.49. The van der Waals surface area contributed by atoms with Crippen molar-refractivity contribution in [1.29, 1.82) is 0 Å². The number of carbonyl (C=O) groups excluding carboxylic acids is 1. The molecule has 0 aromatic heterocycles. The molecule has 3 aromatic rings. The van der Waals surface area contributed by atoms with E-state index in [1.807, 2.05) is 19.1 Å². The van der Waals surface area contributed by atoms with Crippen molar-refractivity contribution in [2.45, 2.75) is 13.5 Å². The number of methoxy groups -OCH3 is 1. The molecule has 0 unspecified atom stereocenters. The molecule has 0 saturated heterocycles. The second-order valence-electron chi connectivity index (χ2n) is 7.72. The van der Waals surface area contributed by atoms with Crippen LogP contribution in [0.25, 0.3) is 0 Å². The molecule has 0 saturated carbocycles. The van der Waals surface area contributed by atoms with Crippen LogP contribution in [0.2, 0.25) is 5.02 Å². The summed E-state index contributed by atoms with van der Waals surface area (Å²) in [6, 6.07) is 19.6. The molecule has 0 aliphatic carbocycles. The monoisotopic (exact) mass is 515 g/mol. The maximum Gasteiger partial charge on any atom is 0.260 e. The molecule has 0 spiro atoms. The molecular formula is C25H26ClN3O5S. The summed E-state index contributed by atoms with van der Waals surface area (Å²) in [6.45, 7) is 1.78. The third kappa shape index (κ3) is 7.73. The van der Waals surface area contributed by atoms with Crippen molar-refractivity contribution < 1.29 is 22.7 Å². The van der Waals surface area contributed by atoms with E-state index >= 15 is 0 Å². The highest BCUT2D eigenvalue weighted by Crippen LogP contribution is 2.30. The summed E-state index contributed by atoms with van der Waals surface area (Å²) in [4.78, 5) is 12.4. The number of hydrogen-bond acceptors (Lipinski definition) is 6. The maximum atomic E-state index is 12.4. The van der Waals surface area contributed by atoms with Crippen molar-refractivity contribution in [1.82, 2.24) is 5.43 Å². The molecule has 0 aliphatic heterocycles. The number of hydrazone groups is 1. The summed E-state index contributed by atoms with van der Waals surface area (Å²) < 4.78 is 36.7. The molecule has 8 nitrogen and oxygen atoms in total. The lowest BCUT2D eigenvalue weighted by Crippen LogP contribution is -2.39. The third-order valence-corrected chi connectivity index (χ3v) is 6.27. The van der Waals surface area contributed by atoms with E-state index in [1.54, 1.807) is 54.6 Å². The van der Waals surface area contributed by atoms with Gasteiger partial charge < -0.3 is 9.47 Å². The first-order chi connectivity index (χ1) is 16.7. The van der Waals surface area contributed by atoms with Gasteiger partial charge in [0.1, 0.15) is 24.7 Å². The molecule has 0 atom stereocenters. The van der Waals surface area contributed by atoms with Crippen molar-refractivity contribution in [2.75, 3.05) is 24.2 Å². The lowest BCUT2D eigenvalue weighted by molar-refractivity contribution is -0.119. The molecule has 0 fully saturated rings. The average Bonchev–Trinajstić information content (AvgIpc) is 2.82. The number of rotatable bonds is 10. The van der Waals surface area contributed by atoms with Crippen LogP contribution in [0.15, 0.2) is 71.8 Å². The lowest BCUT2D eigenvalue weighted by Gasteiger charge is -2.23. The number of anilines is 1. The predicted octanol–water partition coefficient (Wildman–Crippen LogP) is 4.15. The van der Waals surface area contributed by atoms with Crippen molar-refractivity contribution in [2.24, 2.45) is 5.10 Å². The fraction of sp³-hybridized carbons (Fsp3) is 0.200. The molecule has 0 bridgehead atoms. The summed E-state index contributed by atoms with van der Waals surface area (Å²) in [5, 5.41) is 4.60. The maximum absolute atomic E-state index is 12.4. The molecule has 0 heterocycles. The molecule has 184 valence electrons. The number of aryl methyl sites for hydroxylation is 1. The molecule has 1 N–H and O–H groups in total. The van der Waals surface area contributed by atoms with Crippen molar-refractivity contribution in [3.05, 3.63) is 88.4 Å². The van der Waals surface area contributed by atoms with Crippen LogP contribution >= 0.6 is 11.6 Å². The number of hydrogen-bond donors (Lipinski definition) is 1. The fourth-order valence-electron chi connectivity index (χ4n) is 3.12. The minimum absolute atomic E-state index is 0.281. The molecule has 1 amide bonds. The van der Waals surface area contributed by atoms with Crippen LogP contribution in [0.3, 0.4) is 0 Å². The molecule has 35 heavy (non-hydrogen) atoms. The standard InChI is InChI=1S/C25H26ClN3O5S/c1-18-4-13-24(33-2)23(14-18)29(35(3,31)32)16-25(30)28-27-15-19-7-11-22(12-8-19)34-17-20-5-9-21(26)10-6-20/h4-15H,16-17H2,1-3H3,(H,28,30)/b27-15-. The quantitative estimate of drug-likeness (QED) is 0.323. The van der Waals surface area contributed by atoms with Gasteiger partial charge in [0, 0.05) is 5.02 Å². The van der Waals surface area contributed by atoms with Gasteiger partial charge in [-0.05, 0) is 72.1 Å². The van der Waals surface area contributed by atoms with E-state index in [0.717, 1.165) is 27.3 Å². The van der Waals surface area contributed by atoms with Crippen molar-refractivity contribution >= 4 is 39.4 Å². The number of nitrogens with zero attached hydrogens (tertiary/aromatic N) is 2. The van der Waals surface area contributed by atoms with Crippen LogP contribution < -0.4 is 19.2 Å². The minimum Gasteiger partial charge on any atom is -0.495 e. The number of carbonyl (C=O) groups is 1. The van der Waals surface area contributed by atoms with E-state index in [-0.39, 0.29) is 5.69 Å². The van der Waals surface area contributed by atoms with Crippen LogP contribution in [-0.4, -0.2) is 40.4 Å². The fourth-order valence-corrected chi connectivity index (χ4v) is 4.10. The highest BCUT2D eigenvalue weighted by molar-refractivity contribution is 7.92. The van der Waals surface area contributed by atoms with Gasteiger partial charge in [-0.1, -0.05) is 29.8 Å². The number of benzene rings is 3. The van der Waals surface area contributed by atoms with E-state index in [4.69, 9.17) is 21.1 Å². The Bertz CT molecular complexity index is 1290.